The maximum absolute atomic E-state index is 12.8. The first-order valence-corrected chi connectivity index (χ1v) is 7.88. The van der Waals surface area contributed by atoms with Gasteiger partial charge in [-0.05, 0) is 18.6 Å². The van der Waals surface area contributed by atoms with Crippen molar-refractivity contribution in [2.24, 2.45) is 5.73 Å². The maximum Gasteiger partial charge on any atom is 0.231 e. The summed E-state index contributed by atoms with van der Waals surface area (Å²) in [5, 5.41) is 0. The van der Waals surface area contributed by atoms with Gasteiger partial charge < -0.3 is 15.4 Å². The van der Waals surface area contributed by atoms with Gasteiger partial charge in [0, 0.05) is 25.7 Å². The molecule has 2 rings (SSSR count). The summed E-state index contributed by atoms with van der Waals surface area (Å²) in [5.74, 6) is 0.518. The molecule has 24 heavy (non-hydrogen) atoms. The van der Waals surface area contributed by atoms with Crippen molar-refractivity contribution < 1.29 is 9.53 Å². The number of ether oxygens (including phenoxy) is 1. The Bertz CT molecular complexity index is 634. The van der Waals surface area contributed by atoms with Gasteiger partial charge in [0.25, 0.3) is 0 Å². The van der Waals surface area contributed by atoms with E-state index in [0.29, 0.717) is 19.7 Å². The minimum absolute atomic E-state index is 0. The highest BCUT2D eigenvalue weighted by molar-refractivity contribution is 5.85. The standard InChI is InChI=1S/C19H24N2O2.ClH/c1-3-23-18-12-8-7-11-16(18)14-21(2)19(22)17(13-20)15-9-5-4-6-10-15;/h4-12,17H,3,13-14,20H2,1-2H3;1H. The first-order chi connectivity index (χ1) is 11.2. The van der Waals surface area contributed by atoms with Crippen molar-refractivity contribution in [1.29, 1.82) is 0 Å². The number of hydrogen-bond acceptors (Lipinski definition) is 3. The largest absolute Gasteiger partial charge is 0.494 e. The molecule has 5 heteroatoms. The Morgan fingerprint density at radius 1 is 1.12 bits per heavy atom. The Morgan fingerprint density at radius 3 is 2.38 bits per heavy atom. The highest BCUT2D eigenvalue weighted by Gasteiger charge is 2.23. The lowest BCUT2D eigenvalue weighted by molar-refractivity contribution is -0.131. The van der Waals surface area contributed by atoms with Crippen molar-refractivity contribution >= 4 is 18.3 Å². The number of hydrogen-bond donors (Lipinski definition) is 1. The minimum atomic E-state index is -0.319. The second-order valence-corrected chi connectivity index (χ2v) is 5.43. The second-order valence-electron chi connectivity index (χ2n) is 5.43. The maximum atomic E-state index is 12.8. The monoisotopic (exact) mass is 348 g/mol. The fourth-order valence-electron chi connectivity index (χ4n) is 2.60. The third-order valence-corrected chi connectivity index (χ3v) is 3.79. The Labute approximate surface area is 150 Å². The zero-order valence-corrected chi connectivity index (χ0v) is 15.0. The number of carbonyl (C=O) groups excluding carboxylic acids is 1. The van der Waals surface area contributed by atoms with Gasteiger partial charge in [-0.15, -0.1) is 12.4 Å². The number of nitrogens with two attached hydrogens (primary N) is 1. The molecule has 0 radical (unpaired) electrons. The topological polar surface area (TPSA) is 55.6 Å². The highest BCUT2D eigenvalue weighted by atomic mass is 35.5. The summed E-state index contributed by atoms with van der Waals surface area (Å²) >= 11 is 0. The van der Waals surface area contributed by atoms with Crippen molar-refractivity contribution in [3.8, 4) is 5.75 Å². The smallest absolute Gasteiger partial charge is 0.231 e. The van der Waals surface area contributed by atoms with Crippen LogP contribution in [0.1, 0.15) is 24.0 Å². The lowest BCUT2D eigenvalue weighted by atomic mass is 9.97. The number of halogens is 1. The van der Waals surface area contributed by atoms with Crippen LogP contribution in [0.25, 0.3) is 0 Å². The van der Waals surface area contributed by atoms with Gasteiger partial charge in [0.05, 0.1) is 12.5 Å². The van der Waals surface area contributed by atoms with Crippen molar-refractivity contribution in [1.82, 2.24) is 4.90 Å². The molecule has 0 aromatic heterocycles. The molecule has 0 fully saturated rings. The molecule has 2 aromatic rings. The SMILES string of the molecule is CCOc1ccccc1CN(C)C(=O)C(CN)c1ccccc1.Cl. The van der Waals surface area contributed by atoms with Gasteiger partial charge in [0.1, 0.15) is 5.75 Å². The molecule has 0 spiro atoms. The summed E-state index contributed by atoms with van der Waals surface area (Å²) < 4.78 is 5.63. The molecule has 1 unspecified atom stereocenters. The van der Waals surface area contributed by atoms with Crippen LogP contribution in [0, 0.1) is 0 Å². The predicted octanol–water partition coefficient (Wildman–Crippen LogP) is 3.21. The summed E-state index contributed by atoms with van der Waals surface area (Å²) in [5.41, 5.74) is 7.79. The fraction of sp³-hybridized carbons (Fsp3) is 0.316. The van der Waals surface area contributed by atoms with Gasteiger partial charge in [0.15, 0.2) is 0 Å². The van der Waals surface area contributed by atoms with Crippen molar-refractivity contribution in [2.75, 3.05) is 20.2 Å². The van der Waals surface area contributed by atoms with E-state index in [9.17, 15) is 4.79 Å². The van der Waals surface area contributed by atoms with Crippen LogP contribution in [-0.4, -0.2) is 31.0 Å². The minimum Gasteiger partial charge on any atom is -0.494 e. The predicted molar refractivity (Wildman–Crippen MR) is 99.6 cm³/mol. The summed E-state index contributed by atoms with van der Waals surface area (Å²) in [4.78, 5) is 14.5. The van der Waals surface area contributed by atoms with Crippen molar-refractivity contribution in [3.63, 3.8) is 0 Å². The highest BCUT2D eigenvalue weighted by Crippen LogP contribution is 2.22. The van der Waals surface area contributed by atoms with Crippen LogP contribution in [0.4, 0.5) is 0 Å². The van der Waals surface area contributed by atoms with Crippen LogP contribution >= 0.6 is 12.4 Å². The van der Waals surface area contributed by atoms with Gasteiger partial charge in [-0.2, -0.15) is 0 Å². The zero-order chi connectivity index (χ0) is 16.7. The molecule has 1 amide bonds. The van der Waals surface area contributed by atoms with E-state index < -0.39 is 0 Å². The van der Waals surface area contributed by atoms with Gasteiger partial charge >= 0.3 is 0 Å². The van der Waals surface area contributed by atoms with Gasteiger partial charge in [-0.25, -0.2) is 0 Å². The molecular formula is C19H25ClN2O2. The molecule has 0 heterocycles. The number of nitrogens with zero attached hydrogens (tertiary/aromatic N) is 1. The number of benzene rings is 2. The van der Waals surface area contributed by atoms with E-state index in [1.807, 2.05) is 61.5 Å². The quantitative estimate of drug-likeness (QED) is 0.835. The summed E-state index contributed by atoms with van der Waals surface area (Å²) in [6, 6.07) is 17.5. The van der Waals surface area contributed by atoms with Gasteiger partial charge in [-0.1, -0.05) is 48.5 Å². The molecule has 0 saturated carbocycles. The van der Waals surface area contributed by atoms with E-state index in [1.54, 1.807) is 11.9 Å². The van der Waals surface area contributed by atoms with E-state index in [-0.39, 0.29) is 24.2 Å². The van der Waals surface area contributed by atoms with E-state index in [0.717, 1.165) is 16.9 Å². The third-order valence-electron chi connectivity index (χ3n) is 3.79. The third kappa shape index (κ3) is 4.98. The number of carbonyl (C=O) groups is 1. The second kappa shape index (κ2) is 9.96. The Kier molecular flexibility index (Phi) is 8.30. The van der Waals surface area contributed by atoms with Crippen molar-refractivity contribution in [3.05, 3.63) is 65.7 Å². The lowest BCUT2D eigenvalue weighted by Gasteiger charge is -2.24. The van der Waals surface area contributed by atoms with Crippen LogP contribution in [0.3, 0.4) is 0 Å². The van der Waals surface area contributed by atoms with Gasteiger partial charge in [0.2, 0.25) is 5.91 Å². The Hall–Kier alpha value is -2.04. The molecule has 2 N–H and O–H groups in total. The van der Waals surface area contributed by atoms with E-state index in [2.05, 4.69) is 0 Å². The lowest BCUT2D eigenvalue weighted by Crippen LogP contribution is -2.35. The summed E-state index contributed by atoms with van der Waals surface area (Å²) in [6.45, 7) is 3.34. The number of para-hydroxylation sites is 1. The van der Waals surface area contributed by atoms with Crippen LogP contribution in [0.2, 0.25) is 0 Å². The Balaban J connectivity index is 0.00000288. The molecule has 2 aromatic carbocycles. The molecule has 4 nitrogen and oxygen atoms in total. The molecule has 0 aliphatic heterocycles. The molecule has 0 bridgehead atoms. The molecule has 1 atom stereocenters. The van der Waals surface area contributed by atoms with Crippen molar-refractivity contribution in [2.45, 2.75) is 19.4 Å². The summed E-state index contributed by atoms with van der Waals surface area (Å²) in [6.07, 6.45) is 0. The first kappa shape index (κ1) is 20.0. The van der Waals surface area contributed by atoms with Crippen LogP contribution < -0.4 is 10.5 Å². The summed E-state index contributed by atoms with van der Waals surface area (Å²) in [7, 11) is 1.80. The molecular weight excluding hydrogens is 324 g/mol. The van der Waals surface area contributed by atoms with E-state index in [4.69, 9.17) is 10.5 Å². The normalized spacial score (nSPS) is 11.3. The average Bonchev–Trinajstić information content (AvgIpc) is 2.58. The molecule has 130 valence electrons. The van der Waals surface area contributed by atoms with Crippen LogP contribution in [0.15, 0.2) is 54.6 Å². The van der Waals surface area contributed by atoms with E-state index in [1.165, 1.54) is 0 Å². The van der Waals surface area contributed by atoms with E-state index >= 15 is 0 Å². The molecule has 0 aliphatic carbocycles. The molecule has 0 aliphatic rings. The van der Waals surface area contributed by atoms with Crippen LogP contribution in [-0.2, 0) is 11.3 Å². The average molecular weight is 349 g/mol. The zero-order valence-electron chi connectivity index (χ0n) is 14.1. The fourth-order valence-corrected chi connectivity index (χ4v) is 2.60. The number of rotatable bonds is 7. The molecule has 0 saturated heterocycles. The number of amides is 1. The first-order valence-electron chi connectivity index (χ1n) is 7.88. The van der Waals surface area contributed by atoms with Crippen LogP contribution in [0.5, 0.6) is 5.75 Å². The van der Waals surface area contributed by atoms with Gasteiger partial charge in [-0.3, -0.25) is 4.79 Å². The number of likely N-dealkylation sites (N-methyl/N-ethyl adjacent to an activating group) is 1. The Morgan fingerprint density at radius 2 is 1.75 bits per heavy atom.